The van der Waals surface area contributed by atoms with Crippen molar-refractivity contribution in [2.45, 2.75) is 46.5 Å². The number of hydrogen-bond acceptors (Lipinski definition) is 7. The van der Waals surface area contributed by atoms with Gasteiger partial charge in [-0.05, 0) is 49.4 Å². The smallest absolute Gasteiger partial charge is 0.271 e. The molecular formula is C28H31N5O3. The Balaban J connectivity index is 1.92. The van der Waals surface area contributed by atoms with Crippen LogP contribution in [-0.2, 0) is 4.79 Å². The number of carbonyl (C=O) groups is 1. The molecule has 0 fully saturated rings. The number of hydrogen-bond donors (Lipinski definition) is 1. The van der Waals surface area contributed by atoms with Gasteiger partial charge in [-0.25, -0.2) is 0 Å². The zero-order valence-electron chi connectivity index (χ0n) is 21.1. The predicted molar refractivity (Wildman–Crippen MR) is 140 cm³/mol. The average Bonchev–Trinajstić information content (AvgIpc) is 2.84. The van der Waals surface area contributed by atoms with Gasteiger partial charge < -0.3 is 10.6 Å². The highest BCUT2D eigenvalue weighted by Crippen LogP contribution is 2.50. The van der Waals surface area contributed by atoms with E-state index in [1.807, 2.05) is 38.1 Å². The third-order valence-electron chi connectivity index (χ3n) is 7.03. The third kappa shape index (κ3) is 4.33. The number of benzene rings is 2. The first-order valence-electron chi connectivity index (χ1n) is 12.2. The van der Waals surface area contributed by atoms with Crippen LogP contribution < -0.4 is 15.5 Å². The lowest BCUT2D eigenvalue weighted by Gasteiger charge is -2.43. The maximum atomic E-state index is 13.6. The van der Waals surface area contributed by atoms with E-state index in [0.717, 1.165) is 24.3 Å². The number of rotatable bonds is 6. The molecule has 186 valence electrons. The summed E-state index contributed by atoms with van der Waals surface area (Å²) < 4.78 is 0. The number of anilines is 2. The van der Waals surface area contributed by atoms with E-state index in [1.165, 1.54) is 12.1 Å². The molecule has 8 heteroatoms. The van der Waals surface area contributed by atoms with Crippen molar-refractivity contribution in [3.8, 4) is 6.07 Å². The number of nitrogens with zero attached hydrogens (tertiary/aromatic N) is 4. The minimum Gasteiger partial charge on any atom is -0.384 e. The summed E-state index contributed by atoms with van der Waals surface area (Å²) in [6, 6.07) is 16.3. The molecule has 0 amide bonds. The van der Waals surface area contributed by atoms with Gasteiger partial charge in [0.1, 0.15) is 5.82 Å². The van der Waals surface area contributed by atoms with Crippen molar-refractivity contribution < 1.29 is 9.72 Å². The molecule has 2 N–H and O–H groups in total. The highest BCUT2D eigenvalue weighted by atomic mass is 16.6. The van der Waals surface area contributed by atoms with Crippen LogP contribution in [-0.4, -0.2) is 23.8 Å². The van der Waals surface area contributed by atoms with Gasteiger partial charge in [-0.3, -0.25) is 19.8 Å². The van der Waals surface area contributed by atoms with E-state index in [0.29, 0.717) is 29.8 Å². The summed E-state index contributed by atoms with van der Waals surface area (Å²) in [6.07, 6.45) is 0.894. The topological polar surface area (TPSA) is 116 Å². The van der Waals surface area contributed by atoms with E-state index in [2.05, 4.69) is 24.8 Å². The molecular weight excluding hydrogens is 454 g/mol. The molecule has 36 heavy (non-hydrogen) atoms. The van der Waals surface area contributed by atoms with Crippen LogP contribution in [0, 0.1) is 26.9 Å². The Morgan fingerprint density at radius 1 is 1.17 bits per heavy atom. The zero-order valence-corrected chi connectivity index (χ0v) is 21.1. The lowest BCUT2D eigenvalue weighted by atomic mass is 9.68. The van der Waals surface area contributed by atoms with E-state index in [-0.39, 0.29) is 28.3 Å². The van der Waals surface area contributed by atoms with Crippen LogP contribution in [0.25, 0.3) is 0 Å². The Morgan fingerprint density at radius 2 is 1.83 bits per heavy atom. The minimum absolute atomic E-state index is 0.0326. The maximum Gasteiger partial charge on any atom is 0.271 e. The van der Waals surface area contributed by atoms with Crippen LogP contribution in [0.1, 0.15) is 52.0 Å². The number of nitriles is 1. The van der Waals surface area contributed by atoms with Gasteiger partial charge in [-0.15, -0.1) is 0 Å². The minimum atomic E-state index is -0.589. The largest absolute Gasteiger partial charge is 0.384 e. The number of carbonyl (C=O) groups excluding carboxylic acids is 1. The van der Waals surface area contributed by atoms with E-state index in [9.17, 15) is 20.2 Å². The van der Waals surface area contributed by atoms with Gasteiger partial charge in [0.2, 0.25) is 0 Å². The fraction of sp³-hybridized carbons (Fsp3) is 0.357. The Bertz CT molecular complexity index is 1310. The maximum absolute atomic E-state index is 13.6. The van der Waals surface area contributed by atoms with Crippen LogP contribution in [0.2, 0.25) is 0 Å². The van der Waals surface area contributed by atoms with Gasteiger partial charge in [-0.1, -0.05) is 32.0 Å². The molecule has 0 unspecified atom stereocenters. The summed E-state index contributed by atoms with van der Waals surface area (Å²) in [6.45, 7) is 9.98. The SMILES string of the molecule is CCN(CC)c1ccc([C@H]2C(C#N)=C(N)N(c3cccc([N+](=O)[O-])c3)C3=C2C(=O)CC(C)(C)C3)cc1. The molecule has 4 rings (SSSR count). The van der Waals surface area contributed by atoms with Crippen LogP contribution in [0.4, 0.5) is 17.1 Å². The number of ketones is 1. The number of nitrogens with two attached hydrogens (primary N) is 1. The molecule has 2 aliphatic rings. The first-order chi connectivity index (χ1) is 17.1. The Morgan fingerprint density at radius 3 is 2.42 bits per heavy atom. The van der Waals surface area contributed by atoms with E-state index in [4.69, 9.17) is 5.73 Å². The van der Waals surface area contributed by atoms with Crippen LogP contribution in [0.5, 0.6) is 0 Å². The Labute approximate surface area is 211 Å². The predicted octanol–water partition coefficient (Wildman–Crippen LogP) is 5.38. The number of nitro groups is 1. The summed E-state index contributed by atoms with van der Waals surface area (Å²) in [5.74, 6) is -0.427. The van der Waals surface area contributed by atoms with Gasteiger partial charge in [0, 0.05) is 48.6 Å². The standard InChI is InChI=1S/C28H31N5O3/c1-5-31(6-2)19-12-10-18(11-13-19)25-22(17-29)27(30)32(20-8-7-9-21(14-20)33(35)36)23-15-28(3,4)16-24(34)26(23)25/h7-14,25H,5-6,15-16,30H2,1-4H3/t25-/m0/s1. The molecule has 1 heterocycles. The molecule has 1 aliphatic carbocycles. The summed E-state index contributed by atoms with van der Waals surface area (Å²) in [5.41, 5.74) is 10.1. The second-order valence-electron chi connectivity index (χ2n) is 10.0. The van der Waals surface area contributed by atoms with Crippen LogP contribution >= 0.6 is 0 Å². The summed E-state index contributed by atoms with van der Waals surface area (Å²) in [7, 11) is 0. The second-order valence-corrected chi connectivity index (χ2v) is 10.0. The van der Waals surface area contributed by atoms with Crippen molar-refractivity contribution in [3.05, 3.63) is 86.9 Å². The first-order valence-corrected chi connectivity index (χ1v) is 12.2. The van der Waals surface area contributed by atoms with Crippen molar-refractivity contribution in [1.82, 2.24) is 0 Å². The molecule has 0 spiro atoms. The normalized spacial score (nSPS) is 19.1. The van der Waals surface area contributed by atoms with Gasteiger partial charge in [-0.2, -0.15) is 5.26 Å². The quantitative estimate of drug-likeness (QED) is 0.431. The number of Topliss-reactive ketones (excluding diaryl/α,β-unsaturated/α-hetero) is 1. The summed E-state index contributed by atoms with van der Waals surface area (Å²) >= 11 is 0. The lowest BCUT2D eigenvalue weighted by Crippen LogP contribution is -2.42. The second kappa shape index (κ2) is 9.50. The van der Waals surface area contributed by atoms with Gasteiger partial charge in [0.15, 0.2) is 5.78 Å². The molecule has 8 nitrogen and oxygen atoms in total. The number of non-ortho nitro benzene ring substituents is 1. The highest BCUT2D eigenvalue weighted by Gasteiger charge is 2.44. The molecule has 0 aromatic heterocycles. The van der Waals surface area contributed by atoms with E-state index < -0.39 is 10.8 Å². The molecule has 2 aromatic carbocycles. The fourth-order valence-electron chi connectivity index (χ4n) is 5.35. The van der Waals surface area contributed by atoms with E-state index in [1.54, 1.807) is 17.0 Å². The van der Waals surface area contributed by atoms with E-state index >= 15 is 0 Å². The van der Waals surface area contributed by atoms with Crippen molar-refractivity contribution in [2.75, 3.05) is 22.9 Å². The van der Waals surface area contributed by atoms with Gasteiger partial charge in [0.25, 0.3) is 5.69 Å². The van der Waals surface area contributed by atoms with Crippen LogP contribution in [0.3, 0.4) is 0 Å². The number of allylic oxidation sites excluding steroid dienone is 3. The lowest BCUT2D eigenvalue weighted by molar-refractivity contribution is -0.384. The molecule has 0 bridgehead atoms. The van der Waals surface area contributed by atoms with Gasteiger partial charge in [0.05, 0.1) is 28.2 Å². The Hall–Kier alpha value is -4.12. The molecule has 2 aromatic rings. The number of nitro benzene ring substituents is 1. The van der Waals surface area contributed by atoms with Crippen molar-refractivity contribution in [3.63, 3.8) is 0 Å². The Kier molecular flexibility index (Phi) is 6.59. The fourth-order valence-corrected chi connectivity index (χ4v) is 5.35. The molecule has 1 aliphatic heterocycles. The van der Waals surface area contributed by atoms with Gasteiger partial charge >= 0.3 is 0 Å². The monoisotopic (exact) mass is 485 g/mol. The zero-order chi connectivity index (χ0) is 26.2. The summed E-state index contributed by atoms with van der Waals surface area (Å²) in [4.78, 5) is 28.5. The molecule has 0 saturated carbocycles. The molecule has 0 radical (unpaired) electrons. The first kappa shape index (κ1) is 25.0. The molecule has 0 saturated heterocycles. The van der Waals surface area contributed by atoms with Crippen molar-refractivity contribution >= 4 is 22.8 Å². The average molecular weight is 486 g/mol. The van der Waals surface area contributed by atoms with Crippen LogP contribution in [0.15, 0.2) is 71.2 Å². The highest BCUT2D eigenvalue weighted by molar-refractivity contribution is 6.01. The van der Waals surface area contributed by atoms with Crippen molar-refractivity contribution in [1.29, 1.82) is 5.26 Å². The third-order valence-corrected chi connectivity index (χ3v) is 7.03. The molecule has 1 atom stereocenters. The van der Waals surface area contributed by atoms with Crippen molar-refractivity contribution in [2.24, 2.45) is 11.1 Å². The summed E-state index contributed by atoms with van der Waals surface area (Å²) in [5, 5.41) is 21.7.